The SMILES string of the molecule is CCCc1cc(C(=O)N2CCC(CCO)C2)cc(NN)n1. The van der Waals surface area contributed by atoms with E-state index in [2.05, 4.69) is 17.3 Å². The molecule has 0 saturated carbocycles. The Hall–Kier alpha value is -1.66. The summed E-state index contributed by atoms with van der Waals surface area (Å²) in [4.78, 5) is 18.8. The zero-order valence-corrected chi connectivity index (χ0v) is 12.5. The zero-order chi connectivity index (χ0) is 15.2. The van der Waals surface area contributed by atoms with Gasteiger partial charge in [-0.2, -0.15) is 0 Å². The van der Waals surface area contributed by atoms with Crippen LogP contribution in [0.15, 0.2) is 12.1 Å². The third-order valence-corrected chi connectivity index (χ3v) is 3.89. The maximum absolute atomic E-state index is 12.6. The van der Waals surface area contributed by atoms with Crippen LogP contribution >= 0.6 is 0 Å². The number of nitrogens with two attached hydrogens (primary N) is 1. The van der Waals surface area contributed by atoms with Gasteiger partial charge < -0.3 is 15.4 Å². The number of hydrazine groups is 1. The zero-order valence-electron chi connectivity index (χ0n) is 12.5. The minimum absolute atomic E-state index is 0.0201. The molecule has 0 aliphatic carbocycles. The van der Waals surface area contributed by atoms with Crippen LogP contribution in [0.4, 0.5) is 5.82 Å². The summed E-state index contributed by atoms with van der Waals surface area (Å²) in [5.74, 6) is 6.38. The van der Waals surface area contributed by atoms with Crippen LogP contribution in [0.3, 0.4) is 0 Å². The number of aryl methyl sites for hydroxylation is 1. The Morgan fingerprint density at radius 3 is 3.05 bits per heavy atom. The van der Waals surface area contributed by atoms with Crippen molar-refractivity contribution in [3.8, 4) is 0 Å². The van der Waals surface area contributed by atoms with E-state index in [-0.39, 0.29) is 12.5 Å². The van der Waals surface area contributed by atoms with Crippen molar-refractivity contribution in [2.75, 3.05) is 25.1 Å². The van der Waals surface area contributed by atoms with Crippen molar-refractivity contribution in [3.05, 3.63) is 23.4 Å². The van der Waals surface area contributed by atoms with E-state index in [1.165, 1.54) is 0 Å². The maximum Gasteiger partial charge on any atom is 0.254 e. The Morgan fingerprint density at radius 2 is 2.38 bits per heavy atom. The van der Waals surface area contributed by atoms with E-state index >= 15 is 0 Å². The molecule has 0 aromatic carbocycles. The Kier molecular flexibility index (Phi) is 5.52. The summed E-state index contributed by atoms with van der Waals surface area (Å²) in [6, 6.07) is 3.55. The monoisotopic (exact) mass is 292 g/mol. The van der Waals surface area contributed by atoms with Gasteiger partial charge in [0.25, 0.3) is 5.91 Å². The number of nitrogen functional groups attached to an aromatic ring is 1. The quantitative estimate of drug-likeness (QED) is 0.540. The van der Waals surface area contributed by atoms with Crippen LogP contribution in [0.2, 0.25) is 0 Å². The minimum atomic E-state index is 0.0201. The Labute approximate surface area is 125 Å². The summed E-state index contributed by atoms with van der Waals surface area (Å²) in [6.07, 6.45) is 3.51. The van der Waals surface area contributed by atoms with Crippen molar-refractivity contribution in [2.45, 2.75) is 32.6 Å². The molecule has 1 aromatic heterocycles. The predicted octanol–water partition coefficient (Wildman–Crippen LogP) is 1.16. The Balaban J connectivity index is 2.13. The lowest BCUT2D eigenvalue weighted by Crippen LogP contribution is -2.29. The van der Waals surface area contributed by atoms with Crippen molar-refractivity contribution in [1.82, 2.24) is 9.88 Å². The normalized spacial score (nSPS) is 18.0. The topological polar surface area (TPSA) is 91.5 Å². The number of amides is 1. The molecule has 6 nitrogen and oxygen atoms in total. The number of aliphatic hydroxyl groups is 1. The molecular formula is C15H24N4O2. The molecule has 0 bridgehead atoms. The van der Waals surface area contributed by atoms with Gasteiger partial charge in [-0.3, -0.25) is 4.79 Å². The fourth-order valence-corrected chi connectivity index (χ4v) is 2.79. The van der Waals surface area contributed by atoms with Gasteiger partial charge in [-0.25, -0.2) is 10.8 Å². The molecule has 116 valence electrons. The minimum Gasteiger partial charge on any atom is -0.396 e. The molecule has 4 N–H and O–H groups in total. The van der Waals surface area contributed by atoms with Crippen molar-refractivity contribution in [2.24, 2.45) is 11.8 Å². The second-order valence-electron chi connectivity index (χ2n) is 5.54. The Bertz CT molecular complexity index is 493. The molecule has 1 atom stereocenters. The van der Waals surface area contributed by atoms with Gasteiger partial charge in [0.05, 0.1) is 0 Å². The molecule has 0 radical (unpaired) electrons. The fraction of sp³-hybridized carbons (Fsp3) is 0.600. The number of nitrogens with zero attached hydrogens (tertiary/aromatic N) is 2. The van der Waals surface area contributed by atoms with E-state index in [0.717, 1.165) is 44.5 Å². The van der Waals surface area contributed by atoms with Crippen molar-refractivity contribution in [3.63, 3.8) is 0 Å². The van der Waals surface area contributed by atoms with Crippen molar-refractivity contribution < 1.29 is 9.90 Å². The molecule has 6 heteroatoms. The van der Waals surface area contributed by atoms with Crippen molar-refractivity contribution >= 4 is 11.7 Å². The molecule has 1 aromatic rings. The number of aliphatic hydroxyl groups excluding tert-OH is 1. The van der Waals surface area contributed by atoms with Gasteiger partial charge >= 0.3 is 0 Å². The second kappa shape index (κ2) is 7.38. The Morgan fingerprint density at radius 1 is 1.57 bits per heavy atom. The standard InChI is InChI=1S/C15H24N4O2/c1-2-3-13-8-12(9-14(17-13)18-16)15(21)19-6-4-11(10-19)5-7-20/h8-9,11,20H,2-7,10,16H2,1H3,(H,17,18). The average molecular weight is 292 g/mol. The first-order valence-electron chi connectivity index (χ1n) is 7.55. The largest absolute Gasteiger partial charge is 0.396 e. The highest BCUT2D eigenvalue weighted by Crippen LogP contribution is 2.22. The number of hydrogen-bond acceptors (Lipinski definition) is 5. The molecule has 1 aliphatic rings. The highest BCUT2D eigenvalue weighted by molar-refractivity contribution is 5.95. The summed E-state index contributed by atoms with van der Waals surface area (Å²) in [6.45, 7) is 3.73. The number of likely N-dealkylation sites (tertiary alicyclic amines) is 1. The third-order valence-electron chi connectivity index (χ3n) is 3.89. The first-order valence-corrected chi connectivity index (χ1v) is 7.55. The van der Waals surface area contributed by atoms with Gasteiger partial charge in [-0.1, -0.05) is 13.3 Å². The van der Waals surface area contributed by atoms with E-state index < -0.39 is 0 Å². The number of nitrogens with one attached hydrogen (secondary N) is 1. The fourth-order valence-electron chi connectivity index (χ4n) is 2.79. The summed E-state index contributed by atoms with van der Waals surface area (Å²) < 4.78 is 0. The van der Waals surface area contributed by atoms with E-state index in [4.69, 9.17) is 10.9 Å². The summed E-state index contributed by atoms with van der Waals surface area (Å²) in [5, 5.41) is 9.00. The molecule has 2 heterocycles. The number of anilines is 1. The van der Waals surface area contributed by atoms with Gasteiger partial charge in [0.15, 0.2) is 0 Å². The lowest BCUT2D eigenvalue weighted by molar-refractivity contribution is 0.0784. The van der Waals surface area contributed by atoms with Crippen LogP contribution in [0, 0.1) is 5.92 Å². The van der Waals surface area contributed by atoms with Gasteiger partial charge in [0, 0.05) is 31.0 Å². The van der Waals surface area contributed by atoms with E-state index in [1.807, 2.05) is 11.0 Å². The molecule has 0 spiro atoms. The molecule has 2 rings (SSSR count). The number of rotatable bonds is 6. The average Bonchev–Trinajstić information content (AvgIpc) is 2.95. The summed E-state index contributed by atoms with van der Waals surface area (Å²) >= 11 is 0. The van der Waals surface area contributed by atoms with Gasteiger partial charge in [0.1, 0.15) is 5.82 Å². The molecule has 1 unspecified atom stereocenters. The molecule has 1 aliphatic heterocycles. The number of carbonyl (C=O) groups excluding carboxylic acids is 1. The van der Waals surface area contributed by atoms with Crippen LogP contribution in [-0.2, 0) is 6.42 Å². The number of carbonyl (C=O) groups is 1. The number of hydrogen-bond donors (Lipinski definition) is 3. The predicted molar refractivity (Wildman–Crippen MR) is 81.8 cm³/mol. The first kappa shape index (κ1) is 15.7. The highest BCUT2D eigenvalue weighted by atomic mass is 16.3. The van der Waals surface area contributed by atoms with Gasteiger partial charge in [-0.05, 0) is 37.3 Å². The molecular weight excluding hydrogens is 268 g/mol. The van der Waals surface area contributed by atoms with Crippen LogP contribution in [0.1, 0.15) is 42.2 Å². The molecule has 1 amide bonds. The smallest absolute Gasteiger partial charge is 0.254 e. The van der Waals surface area contributed by atoms with Gasteiger partial charge in [-0.15, -0.1) is 0 Å². The van der Waals surface area contributed by atoms with Crippen LogP contribution in [0.5, 0.6) is 0 Å². The summed E-state index contributed by atoms with van der Waals surface area (Å²) in [5.41, 5.74) is 4.03. The third kappa shape index (κ3) is 3.92. The van der Waals surface area contributed by atoms with E-state index in [0.29, 0.717) is 17.3 Å². The van der Waals surface area contributed by atoms with E-state index in [9.17, 15) is 4.79 Å². The van der Waals surface area contributed by atoms with Crippen LogP contribution < -0.4 is 11.3 Å². The van der Waals surface area contributed by atoms with Crippen LogP contribution in [0.25, 0.3) is 0 Å². The first-order chi connectivity index (χ1) is 10.2. The molecule has 21 heavy (non-hydrogen) atoms. The van der Waals surface area contributed by atoms with E-state index in [1.54, 1.807) is 6.07 Å². The highest BCUT2D eigenvalue weighted by Gasteiger charge is 2.27. The lowest BCUT2D eigenvalue weighted by Gasteiger charge is -2.17. The van der Waals surface area contributed by atoms with Gasteiger partial charge in [0.2, 0.25) is 0 Å². The second-order valence-corrected chi connectivity index (χ2v) is 5.54. The molecule has 1 fully saturated rings. The lowest BCUT2D eigenvalue weighted by atomic mass is 10.1. The maximum atomic E-state index is 12.6. The summed E-state index contributed by atoms with van der Waals surface area (Å²) in [7, 11) is 0. The van der Waals surface area contributed by atoms with Crippen LogP contribution in [-0.4, -0.2) is 40.6 Å². The van der Waals surface area contributed by atoms with Crippen molar-refractivity contribution in [1.29, 1.82) is 0 Å². The molecule has 1 saturated heterocycles. The number of aromatic nitrogens is 1. The number of pyridine rings is 1.